The molecule has 0 atom stereocenters. The van der Waals surface area contributed by atoms with Crippen molar-refractivity contribution in [1.82, 2.24) is 19.7 Å². The van der Waals surface area contributed by atoms with E-state index in [1.165, 1.54) is 10.4 Å². The first-order valence-electron chi connectivity index (χ1n) is 9.28. The number of carbonyl (C=O) groups is 1. The molecule has 1 aliphatic rings. The molecule has 0 aliphatic carbocycles. The number of aromatic nitrogens is 3. The summed E-state index contributed by atoms with van der Waals surface area (Å²) < 4.78 is 4.08. The summed E-state index contributed by atoms with van der Waals surface area (Å²) in [5.41, 5.74) is 4.32. The van der Waals surface area contributed by atoms with Crippen molar-refractivity contribution in [2.75, 3.05) is 12.3 Å². The fourth-order valence-electron chi connectivity index (χ4n) is 3.52. The van der Waals surface area contributed by atoms with Crippen molar-refractivity contribution in [3.05, 3.63) is 58.0 Å². The van der Waals surface area contributed by atoms with Gasteiger partial charge in [0.2, 0.25) is 0 Å². The number of amides is 1. The van der Waals surface area contributed by atoms with E-state index in [2.05, 4.69) is 28.0 Å². The van der Waals surface area contributed by atoms with Crippen molar-refractivity contribution in [2.45, 2.75) is 39.0 Å². The molecule has 3 aromatic rings. The van der Waals surface area contributed by atoms with Crippen LogP contribution in [0.15, 0.2) is 30.6 Å². The predicted molar refractivity (Wildman–Crippen MR) is 112 cm³/mol. The van der Waals surface area contributed by atoms with Crippen molar-refractivity contribution in [2.24, 2.45) is 0 Å². The molecule has 0 bridgehead atoms. The van der Waals surface area contributed by atoms with E-state index in [-0.39, 0.29) is 5.91 Å². The Morgan fingerprint density at radius 1 is 1.30 bits per heavy atom. The zero-order valence-electron chi connectivity index (χ0n) is 15.7. The van der Waals surface area contributed by atoms with E-state index in [9.17, 15) is 4.79 Å². The third-order valence-electron chi connectivity index (χ3n) is 4.80. The number of hydrogen-bond donors (Lipinski definition) is 1. The lowest BCUT2D eigenvalue weighted by Gasteiger charge is -2.13. The molecule has 0 aromatic carbocycles. The number of carbonyl (C=O) groups excluding carboxylic acids is 1. The third-order valence-corrected chi connectivity index (χ3v) is 7.22. The first-order valence-corrected chi connectivity index (χ1v) is 11.3. The average Bonchev–Trinajstić information content (AvgIpc) is 3.37. The van der Waals surface area contributed by atoms with Gasteiger partial charge in [-0.2, -0.15) is 16.9 Å². The molecule has 142 valence electrons. The molecular weight excluding hydrogens is 376 g/mol. The molecule has 1 N–H and O–H groups in total. The minimum absolute atomic E-state index is 0.0523. The van der Waals surface area contributed by atoms with Crippen molar-refractivity contribution in [3.8, 4) is 5.00 Å². The lowest BCUT2D eigenvalue weighted by molar-refractivity contribution is 0.0952. The first-order chi connectivity index (χ1) is 13.1. The molecule has 0 fully saturated rings. The minimum Gasteiger partial charge on any atom is -0.352 e. The number of fused-ring (bicyclic) bond motifs is 1. The Labute approximate surface area is 167 Å². The fourth-order valence-corrected chi connectivity index (χ4v) is 5.97. The molecule has 0 unspecified atom stereocenters. The molecule has 0 radical (unpaired) electrons. The summed E-state index contributed by atoms with van der Waals surface area (Å²) in [6, 6.07) is 6.09. The normalized spacial score (nSPS) is 13.6. The van der Waals surface area contributed by atoms with Gasteiger partial charge in [0.15, 0.2) is 0 Å². The number of thiophene rings is 1. The van der Waals surface area contributed by atoms with Crippen LogP contribution in [0.4, 0.5) is 0 Å². The number of nitrogens with zero attached hydrogens (tertiary/aromatic N) is 3. The van der Waals surface area contributed by atoms with Crippen LogP contribution in [0.1, 0.15) is 38.6 Å². The Balaban J connectivity index is 1.46. The monoisotopic (exact) mass is 400 g/mol. The summed E-state index contributed by atoms with van der Waals surface area (Å²) in [4.78, 5) is 14.4. The Morgan fingerprint density at radius 2 is 2.11 bits per heavy atom. The van der Waals surface area contributed by atoms with Crippen LogP contribution < -0.4 is 5.32 Å². The second kappa shape index (κ2) is 7.94. The smallest absolute Gasteiger partial charge is 0.254 e. The predicted octanol–water partition coefficient (Wildman–Crippen LogP) is 3.96. The Bertz CT molecular complexity index is 940. The number of rotatable bonds is 6. The quantitative estimate of drug-likeness (QED) is 0.637. The maximum absolute atomic E-state index is 13.0. The molecule has 1 amide bonds. The standard InChI is InChI=1S/C20H24N4OS2/c1-14-12-15(2)24(22-14)10-5-7-21-19(25)18-16-6-11-26-13-17(16)27-20(18)23-8-3-4-9-23/h3-4,8-9,12H,5-7,10-11,13H2,1-2H3,(H,21,25). The summed E-state index contributed by atoms with van der Waals surface area (Å²) in [7, 11) is 0. The molecule has 0 spiro atoms. The lowest BCUT2D eigenvalue weighted by atomic mass is 10.1. The van der Waals surface area contributed by atoms with Gasteiger partial charge in [0, 0.05) is 41.8 Å². The number of hydrogen-bond acceptors (Lipinski definition) is 4. The highest BCUT2D eigenvalue weighted by atomic mass is 32.2. The van der Waals surface area contributed by atoms with E-state index in [0.717, 1.165) is 52.8 Å². The van der Waals surface area contributed by atoms with Crippen LogP contribution in [0.25, 0.3) is 5.00 Å². The van der Waals surface area contributed by atoms with Gasteiger partial charge in [-0.25, -0.2) is 0 Å². The van der Waals surface area contributed by atoms with Gasteiger partial charge in [-0.3, -0.25) is 9.48 Å². The summed E-state index contributed by atoms with van der Waals surface area (Å²) in [6.07, 6.45) is 5.88. The average molecular weight is 401 g/mol. The second-order valence-electron chi connectivity index (χ2n) is 6.84. The molecular formula is C20H24N4OS2. The minimum atomic E-state index is 0.0523. The Kier molecular flexibility index (Phi) is 5.41. The number of aryl methyl sites for hydroxylation is 3. The van der Waals surface area contributed by atoms with Gasteiger partial charge in [0.05, 0.1) is 11.3 Å². The van der Waals surface area contributed by atoms with Gasteiger partial charge >= 0.3 is 0 Å². The van der Waals surface area contributed by atoms with Crippen LogP contribution in [0.3, 0.4) is 0 Å². The summed E-state index contributed by atoms with van der Waals surface area (Å²) in [5, 5.41) is 8.67. The molecule has 7 heteroatoms. The van der Waals surface area contributed by atoms with Gasteiger partial charge in [-0.1, -0.05) is 0 Å². The van der Waals surface area contributed by atoms with Crippen molar-refractivity contribution in [3.63, 3.8) is 0 Å². The van der Waals surface area contributed by atoms with Crippen molar-refractivity contribution >= 4 is 29.0 Å². The molecule has 0 saturated carbocycles. The second-order valence-corrected chi connectivity index (χ2v) is 9.03. The molecule has 4 heterocycles. The van der Waals surface area contributed by atoms with E-state index in [4.69, 9.17) is 0 Å². The number of thioether (sulfide) groups is 1. The van der Waals surface area contributed by atoms with Crippen LogP contribution >= 0.6 is 23.1 Å². The van der Waals surface area contributed by atoms with Crippen LogP contribution in [-0.4, -0.2) is 32.6 Å². The van der Waals surface area contributed by atoms with Gasteiger partial charge in [0.25, 0.3) is 5.91 Å². The summed E-state index contributed by atoms with van der Waals surface area (Å²) >= 11 is 3.71. The third kappa shape index (κ3) is 3.84. The summed E-state index contributed by atoms with van der Waals surface area (Å²) in [6.45, 7) is 5.55. The van der Waals surface area contributed by atoms with E-state index in [1.54, 1.807) is 11.3 Å². The molecule has 5 nitrogen and oxygen atoms in total. The topological polar surface area (TPSA) is 51.9 Å². The Hall–Kier alpha value is -1.99. The van der Waals surface area contributed by atoms with Gasteiger partial charge in [-0.15, -0.1) is 11.3 Å². The fraction of sp³-hybridized carbons (Fsp3) is 0.400. The molecule has 4 rings (SSSR count). The van der Waals surface area contributed by atoms with Crippen LogP contribution in [0, 0.1) is 13.8 Å². The summed E-state index contributed by atoms with van der Waals surface area (Å²) in [5.74, 6) is 2.16. The molecule has 27 heavy (non-hydrogen) atoms. The highest BCUT2D eigenvalue weighted by molar-refractivity contribution is 7.98. The van der Waals surface area contributed by atoms with E-state index in [1.807, 2.05) is 47.9 Å². The van der Waals surface area contributed by atoms with Gasteiger partial charge in [0.1, 0.15) is 5.00 Å². The van der Waals surface area contributed by atoms with Crippen molar-refractivity contribution < 1.29 is 4.79 Å². The largest absolute Gasteiger partial charge is 0.352 e. The molecule has 3 aromatic heterocycles. The van der Waals surface area contributed by atoms with Gasteiger partial charge < -0.3 is 9.88 Å². The number of nitrogens with one attached hydrogen (secondary N) is 1. The SMILES string of the molecule is Cc1cc(C)n(CCCNC(=O)c2c(-n3cccc3)sc3c2CCSC3)n1. The van der Waals surface area contributed by atoms with E-state index in [0.29, 0.717) is 6.54 Å². The zero-order chi connectivity index (χ0) is 18.8. The molecule has 1 aliphatic heterocycles. The van der Waals surface area contributed by atoms with E-state index >= 15 is 0 Å². The van der Waals surface area contributed by atoms with E-state index < -0.39 is 0 Å². The Morgan fingerprint density at radius 3 is 2.85 bits per heavy atom. The van der Waals surface area contributed by atoms with Crippen molar-refractivity contribution in [1.29, 1.82) is 0 Å². The maximum atomic E-state index is 13.0. The maximum Gasteiger partial charge on any atom is 0.254 e. The highest BCUT2D eigenvalue weighted by Crippen LogP contribution is 2.38. The van der Waals surface area contributed by atoms with Crippen LogP contribution in [0.5, 0.6) is 0 Å². The van der Waals surface area contributed by atoms with Gasteiger partial charge in [-0.05, 0) is 56.2 Å². The molecule has 0 saturated heterocycles. The lowest BCUT2D eigenvalue weighted by Crippen LogP contribution is -2.27. The first kappa shape index (κ1) is 18.4. The zero-order valence-corrected chi connectivity index (χ0v) is 17.3. The highest BCUT2D eigenvalue weighted by Gasteiger charge is 2.26. The van der Waals surface area contributed by atoms with Crippen LogP contribution in [-0.2, 0) is 18.7 Å². The van der Waals surface area contributed by atoms with Crippen LogP contribution in [0.2, 0.25) is 0 Å².